The van der Waals surface area contributed by atoms with E-state index in [1.165, 1.54) is 4.90 Å². The molecule has 2 aromatic rings. The number of halogens is 1. The fourth-order valence-electron chi connectivity index (χ4n) is 2.65. The van der Waals surface area contributed by atoms with Gasteiger partial charge in [-0.1, -0.05) is 35.0 Å². The molecule has 1 aliphatic heterocycles. The zero-order valence-corrected chi connectivity index (χ0v) is 14.5. The molecular formula is C16H17ClN4O4. The first-order valence-corrected chi connectivity index (χ1v) is 8.03. The van der Waals surface area contributed by atoms with Crippen molar-refractivity contribution in [1.29, 1.82) is 0 Å². The van der Waals surface area contributed by atoms with Crippen molar-refractivity contribution in [2.24, 2.45) is 0 Å². The third-order valence-electron chi connectivity index (χ3n) is 3.82. The SMILES string of the molecule is Cc1nc(CN(C)C(=O)[C@H]2OCC(=O)N[C@@H]2c2ccccc2Cl)no1. The summed E-state index contributed by atoms with van der Waals surface area (Å²) in [6.07, 6.45) is -0.893. The topological polar surface area (TPSA) is 97.6 Å². The molecule has 0 bridgehead atoms. The summed E-state index contributed by atoms with van der Waals surface area (Å²) >= 11 is 6.22. The number of amides is 2. The van der Waals surface area contributed by atoms with Crippen LogP contribution in [0.3, 0.4) is 0 Å². The van der Waals surface area contributed by atoms with E-state index in [4.69, 9.17) is 20.9 Å². The lowest BCUT2D eigenvalue weighted by Gasteiger charge is -2.34. The Morgan fingerprint density at radius 1 is 1.44 bits per heavy atom. The largest absolute Gasteiger partial charge is 0.356 e. The first-order valence-electron chi connectivity index (χ1n) is 7.65. The van der Waals surface area contributed by atoms with Crippen LogP contribution in [0, 0.1) is 6.92 Å². The van der Waals surface area contributed by atoms with Gasteiger partial charge in [-0.25, -0.2) is 0 Å². The minimum atomic E-state index is -0.893. The maximum Gasteiger partial charge on any atom is 0.254 e. The normalized spacial score (nSPS) is 20.2. The average Bonchev–Trinajstić information content (AvgIpc) is 2.99. The molecule has 1 aromatic carbocycles. The molecule has 0 aliphatic carbocycles. The van der Waals surface area contributed by atoms with Gasteiger partial charge in [-0.3, -0.25) is 9.59 Å². The van der Waals surface area contributed by atoms with E-state index in [0.29, 0.717) is 22.3 Å². The number of carbonyl (C=O) groups is 2. The summed E-state index contributed by atoms with van der Waals surface area (Å²) < 4.78 is 10.4. The number of hydrogen-bond acceptors (Lipinski definition) is 6. The number of likely N-dealkylation sites (N-methyl/N-ethyl adjacent to an activating group) is 1. The summed E-state index contributed by atoms with van der Waals surface area (Å²) in [7, 11) is 1.61. The zero-order valence-electron chi connectivity index (χ0n) is 13.7. The Bertz CT molecular complexity index is 794. The summed E-state index contributed by atoms with van der Waals surface area (Å²) in [4.78, 5) is 30.1. The molecular weight excluding hydrogens is 348 g/mol. The second-order valence-corrected chi connectivity index (χ2v) is 6.13. The van der Waals surface area contributed by atoms with Gasteiger partial charge < -0.3 is 19.5 Å². The van der Waals surface area contributed by atoms with Crippen molar-refractivity contribution >= 4 is 23.4 Å². The number of rotatable bonds is 4. The van der Waals surface area contributed by atoms with Crippen LogP contribution in [0.5, 0.6) is 0 Å². The summed E-state index contributed by atoms with van der Waals surface area (Å²) in [6.45, 7) is 1.65. The Kier molecular flexibility index (Phi) is 5.00. The molecule has 0 radical (unpaired) electrons. The molecule has 3 rings (SSSR count). The van der Waals surface area contributed by atoms with Gasteiger partial charge in [0.15, 0.2) is 11.9 Å². The summed E-state index contributed by atoms with van der Waals surface area (Å²) in [6, 6.07) is 6.35. The Morgan fingerprint density at radius 2 is 2.20 bits per heavy atom. The number of nitrogens with zero attached hydrogens (tertiary/aromatic N) is 3. The molecule has 2 heterocycles. The number of aromatic nitrogens is 2. The number of carbonyl (C=O) groups excluding carboxylic acids is 2. The van der Waals surface area contributed by atoms with E-state index in [1.807, 2.05) is 0 Å². The minimum Gasteiger partial charge on any atom is -0.356 e. The van der Waals surface area contributed by atoms with Crippen molar-refractivity contribution in [2.75, 3.05) is 13.7 Å². The highest BCUT2D eigenvalue weighted by atomic mass is 35.5. The van der Waals surface area contributed by atoms with E-state index in [-0.39, 0.29) is 25.0 Å². The fourth-order valence-corrected chi connectivity index (χ4v) is 2.90. The van der Waals surface area contributed by atoms with Crippen molar-refractivity contribution in [1.82, 2.24) is 20.4 Å². The van der Waals surface area contributed by atoms with Crippen molar-refractivity contribution < 1.29 is 18.8 Å². The van der Waals surface area contributed by atoms with Crippen LogP contribution in [0.2, 0.25) is 5.02 Å². The van der Waals surface area contributed by atoms with E-state index in [2.05, 4.69) is 15.5 Å². The zero-order chi connectivity index (χ0) is 18.0. The van der Waals surface area contributed by atoms with Crippen molar-refractivity contribution in [2.45, 2.75) is 25.6 Å². The molecule has 0 spiro atoms. The van der Waals surface area contributed by atoms with Crippen LogP contribution in [0.1, 0.15) is 23.3 Å². The number of nitrogens with one attached hydrogen (secondary N) is 1. The van der Waals surface area contributed by atoms with Crippen LogP contribution in [0.25, 0.3) is 0 Å². The molecule has 132 valence electrons. The molecule has 1 saturated heterocycles. The highest BCUT2D eigenvalue weighted by molar-refractivity contribution is 6.31. The predicted octanol–water partition coefficient (Wildman–Crippen LogP) is 1.25. The second kappa shape index (κ2) is 7.20. The van der Waals surface area contributed by atoms with Crippen LogP contribution in [-0.4, -0.2) is 46.6 Å². The molecule has 1 N–H and O–H groups in total. The van der Waals surface area contributed by atoms with Gasteiger partial charge in [0, 0.05) is 19.0 Å². The standard InChI is InChI=1S/C16H17ClN4O4/c1-9-18-12(20-25-9)7-21(2)16(23)15-14(19-13(22)8-24-15)10-5-3-4-6-11(10)17/h3-6,14-15H,7-8H2,1-2H3,(H,19,22)/t14-,15+/m1/s1. The average molecular weight is 365 g/mol. The Hall–Kier alpha value is -2.45. The number of aryl methyl sites for hydroxylation is 1. The first-order chi connectivity index (χ1) is 12.0. The Morgan fingerprint density at radius 3 is 2.88 bits per heavy atom. The first kappa shape index (κ1) is 17.4. The molecule has 0 unspecified atom stereocenters. The van der Waals surface area contributed by atoms with Crippen molar-refractivity contribution in [3.05, 3.63) is 46.6 Å². The van der Waals surface area contributed by atoms with Crippen LogP contribution >= 0.6 is 11.6 Å². The van der Waals surface area contributed by atoms with E-state index >= 15 is 0 Å². The molecule has 2 atom stereocenters. The highest BCUT2D eigenvalue weighted by Gasteiger charge is 2.38. The Labute approximate surface area is 149 Å². The fraction of sp³-hybridized carbons (Fsp3) is 0.375. The molecule has 1 aliphatic rings. The van der Waals surface area contributed by atoms with E-state index in [1.54, 1.807) is 38.2 Å². The van der Waals surface area contributed by atoms with Crippen molar-refractivity contribution in [3.63, 3.8) is 0 Å². The minimum absolute atomic E-state index is 0.166. The Balaban J connectivity index is 1.81. The molecule has 9 heteroatoms. The second-order valence-electron chi connectivity index (χ2n) is 5.72. The van der Waals surface area contributed by atoms with Crippen LogP contribution < -0.4 is 5.32 Å². The molecule has 0 saturated carbocycles. The van der Waals surface area contributed by atoms with Gasteiger partial charge in [0.25, 0.3) is 5.91 Å². The maximum absolute atomic E-state index is 12.8. The molecule has 25 heavy (non-hydrogen) atoms. The highest BCUT2D eigenvalue weighted by Crippen LogP contribution is 2.29. The lowest BCUT2D eigenvalue weighted by atomic mass is 9.98. The maximum atomic E-state index is 12.8. The van der Waals surface area contributed by atoms with Gasteiger partial charge in [0.05, 0.1) is 12.6 Å². The summed E-state index contributed by atoms with van der Waals surface area (Å²) in [5.41, 5.74) is 0.624. The van der Waals surface area contributed by atoms with Crippen LogP contribution in [0.4, 0.5) is 0 Å². The van der Waals surface area contributed by atoms with Gasteiger partial charge in [-0.15, -0.1) is 0 Å². The van der Waals surface area contributed by atoms with Gasteiger partial charge in [-0.2, -0.15) is 4.98 Å². The third kappa shape index (κ3) is 3.80. The quantitative estimate of drug-likeness (QED) is 0.876. The van der Waals surface area contributed by atoms with E-state index in [0.717, 1.165) is 0 Å². The molecule has 1 fully saturated rings. The van der Waals surface area contributed by atoms with Crippen LogP contribution in [0.15, 0.2) is 28.8 Å². The van der Waals surface area contributed by atoms with Gasteiger partial charge in [-0.05, 0) is 11.6 Å². The summed E-state index contributed by atoms with van der Waals surface area (Å²) in [5, 5.41) is 7.01. The van der Waals surface area contributed by atoms with Gasteiger partial charge in [0.1, 0.15) is 6.61 Å². The summed E-state index contributed by atoms with van der Waals surface area (Å²) in [5.74, 6) is 0.200. The lowest BCUT2D eigenvalue weighted by Crippen LogP contribution is -2.52. The molecule has 8 nitrogen and oxygen atoms in total. The van der Waals surface area contributed by atoms with Crippen LogP contribution in [-0.2, 0) is 20.9 Å². The molecule has 1 aromatic heterocycles. The lowest BCUT2D eigenvalue weighted by molar-refractivity contribution is -0.154. The number of morpholine rings is 1. The number of ether oxygens (including phenoxy) is 1. The number of benzene rings is 1. The van der Waals surface area contributed by atoms with Gasteiger partial charge in [0.2, 0.25) is 11.8 Å². The van der Waals surface area contributed by atoms with Gasteiger partial charge >= 0.3 is 0 Å². The van der Waals surface area contributed by atoms with E-state index in [9.17, 15) is 9.59 Å². The monoisotopic (exact) mass is 364 g/mol. The molecule has 2 amide bonds. The third-order valence-corrected chi connectivity index (χ3v) is 4.17. The van der Waals surface area contributed by atoms with Crippen molar-refractivity contribution in [3.8, 4) is 0 Å². The number of hydrogen-bond donors (Lipinski definition) is 1. The smallest absolute Gasteiger partial charge is 0.254 e. The predicted molar refractivity (Wildman–Crippen MR) is 87.6 cm³/mol. The van der Waals surface area contributed by atoms with E-state index < -0.39 is 12.1 Å².